The summed E-state index contributed by atoms with van der Waals surface area (Å²) in [4.78, 5) is 11.7. The van der Waals surface area contributed by atoms with Gasteiger partial charge in [-0.3, -0.25) is 4.79 Å². The van der Waals surface area contributed by atoms with Crippen LogP contribution in [0.15, 0.2) is 24.3 Å². The number of carbonyl (C=O) groups excluding carboxylic acids is 1. The van der Waals surface area contributed by atoms with E-state index in [9.17, 15) is 13.6 Å². The molecule has 1 saturated carbocycles. The lowest BCUT2D eigenvalue weighted by Gasteiger charge is -2.09. The molecule has 1 aromatic rings. The molecule has 1 nitrogen and oxygen atoms in total. The lowest BCUT2D eigenvalue weighted by atomic mass is 9.96. The van der Waals surface area contributed by atoms with Crippen molar-refractivity contribution in [1.82, 2.24) is 0 Å². The fraction of sp³-hybridized carbons (Fsp3) is 0.417. The molecule has 0 N–H and O–H groups in total. The van der Waals surface area contributed by atoms with Gasteiger partial charge in [-0.1, -0.05) is 29.8 Å². The fourth-order valence-electron chi connectivity index (χ4n) is 1.71. The summed E-state index contributed by atoms with van der Waals surface area (Å²) in [6.07, 6.45) is -0.366. The van der Waals surface area contributed by atoms with E-state index in [4.69, 9.17) is 11.6 Å². The third-order valence-electron chi connectivity index (χ3n) is 3.18. The number of Topliss-reactive ketones (excluding diaryl/α,β-unsaturated/α-hetero) is 1. The molecule has 1 aromatic carbocycles. The first-order valence-corrected chi connectivity index (χ1v) is 5.39. The van der Waals surface area contributed by atoms with E-state index in [2.05, 4.69) is 0 Å². The van der Waals surface area contributed by atoms with Crippen molar-refractivity contribution in [2.45, 2.75) is 25.7 Å². The smallest absolute Gasteiger partial charge is 0.261 e. The second-order valence-electron chi connectivity index (χ2n) is 4.40. The zero-order valence-corrected chi connectivity index (χ0v) is 9.52. The summed E-state index contributed by atoms with van der Waals surface area (Å²) in [6.45, 7) is 1.31. The van der Waals surface area contributed by atoms with E-state index in [-0.39, 0.29) is 12.8 Å². The van der Waals surface area contributed by atoms with Gasteiger partial charge in [-0.05, 0) is 18.6 Å². The van der Waals surface area contributed by atoms with Crippen LogP contribution in [0.1, 0.15) is 18.9 Å². The molecule has 0 amide bonds. The lowest BCUT2D eigenvalue weighted by molar-refractivity contribution is -0.126. The molecule has 1 unspecified atom stereocenters. The first kappa shape index (κ1) is 11.5. The van der Waals surface area contributed by atoms with Crippen LogP contribution in [0.2, 0.25) is 5.02 Å². The summed E-state index contributed by atoms with van der Waals surface area (Å²) in [6, 6.07) is 6.81. The number of rotatable bonds is 3. The second-order valence-corrected chi connectivity index (χ2v) is 4.81. The van der Waals surface area contributed by atoms with Crippen LogP contribution >= 0.6 is 11.6 Å². The summed E-state index contributed by atoms with van der Waals surface area (Å²) in [5, 5.41) is 0.448. The maximum atomic E-state index is 13.0. The monoisotopic (exact) mass is 244 g/mol. The van der Waals surface area contributed by atoms with Crippen molar-refractivity contribution in [2.24, 2.45) is 5.41 Å². The molecular weight excluding hydrogens is 234 g/mol. The van der Waals surface area contributed by atoms with Crippen molar-refractivity contribution >= 4 is 17.4 Å². The molecule has 0 bridgehead atoms. The van der Waals surface area contributed by atoms with Crippen molar-refractivity contribution in [2.75, 3.05) is 0 Å². The maximum absolute atomic E-state index is 13.0. The largest absolute Gasteiger partial charge is 0.298 e. The standard InChI is InChI=1S/C12H11ClF2O/c1-11(7-12(11,14)15)10(16)6-8-4-2-3-5-9(8)13/h2-5H,6-7H2,1H3. The highest BCUT2D eigenvalue weighted by Crippen LogP contribution is 2.61. The number of alkyl halides is 2. The Kier molecular flexibility index (Phi) is 2.54. The van der Waals surface area contributed by atoms with Gasteiger partial charge in [0.05, 0.1) is 5.41 Å². The van der Waals surface area contributed by atoms with Gasteiger partial charge in [0.1, 0.15) is 5.78 Å². The Labute approximate surface area is 97.4 Å². The molecule has 0 radical (unpaired) electrons. The number of benzene rings is 1. The number of carbonyl (C=O) groups is 1. The van der Waals surface area contributed by atoms with E-state index in [1.807, 2.05) is 0 Å². The average molecular weight is 245 g/mol. The molecule has 1 aliphatic rings. The summed E-state index contributed by atoms with van der Waals surface area (Å²) < 4.78 is 26.0. The molecule has 0 saturated heterocycles. The molecule has 2 rings (SSSR count). The SMILES string of the molecule is CC1(C(=O)Cc2ccccc2Cl)CC1(F)F. The van der Waals surface area contributed by atoms with E-state index in [0.717, 1.165) is 0 Å². The molecule has 0 spiro atoms. The minimum absolute atomic E-state index is 0.0221. The summed E-state index contributed by atoms with van der Waals surface area (Å²) in [7, 11) is 0. The molecule has 4 heteroatoms. The van der Waals surface area contributed by atoms with Crippen LogP contribution in [0, 0.1) is 5.41 Å². The highest BCUT2D eigenvalue weighted by Gasteiger charge is 2.71. The Morgan fingerprint density at radius 3 is 2.50 bits per heavy atom. The Morgan fingerprint density at radius 1 is 1.44 bits per heavy atom. The van der Waals surface area contributed by atoms with Crippen LogP contribution < -0.4 is 0 Å². The third kappa shape index (κ3) is 1.73. The Balaban J connectivity index is 2.13. The van der Waals surface area contributed by atoms with Gasteiger partial charge in [0.25, 0.3) is 5.92 Å². The Morgan fingerprint density at radius 2 is 2.00 bits per heavy atom. The van der Waals surface area contributed by atoms with Crippen LogP contribution in [-0.2, 0) is 11.2 Å². The van der Waals surface area contributed by atoms with Gasteiger partial charge in [0.2, 0.25) is 0 Å². The predicted molar refractivity (Wildman–Crippen MR) is 57.8 cm³/mol. The summed E-state index contributed by atoms with van der Waals surface area (Å²) in [5.74, 6) is -3.28. The highest BCUT2D eigenvalue weighted by molar-refractivity contribution is 6.31. The van der Waals surface area contributed by atoms with Crippen molar-refractivity contribution in [1.29, 1.82) is 0 Å². The molecule has 0 aliphatic heterocycles. The molecule has 16 heavy (non-hydrogen) atoms. The zero-order valence-electron chi connectivity index (χ0n) is 8.77. The van der Waals surface area contributed by atoms with Gasteiger partial charge in [0.15, 0.2) is 0 Å². The van der Waals surface area contributed by atoms with Crippen LogP contribution in [0.4, 0.5) is 8.78 Å². The predicted octanol–water partition coefficient (Wildman–Crippen LogP) is 3.50. The van der Waals surface area contributed by atoms with Crippen LogP contribution in [-0.4, -0.2) is 11.7 Å². The third-order valence-corrected chi connectivity index (χ3v) is 3.55. The van der Waals surface area contributed by atoms with Crippen LogP contribution in [0.5, 0.6) is 0 Å². The zero-order chi connectivity index (χ0) is 12.0. The number of halogens is 3. The molecule has 1 fully saturated rings. The maximum Gasteiger partial charge on any atom is 0.261 e. The van der Waals surface area contributed by atoms with Gasteiger partial charge in [-0.2, -0.15) is 0 Å². The summed E-state index contributed by atoms with van der Waals surface area (Å²) in [5.41, 5.74) is -0.871. The van der Waals surface area contributed by atoms with Crippen molar-refractivity contribution in [3.8, 4) is 0 Å². The van der Waals surface area contributed by atoms with Gasteiger partial charge in [-0.25, -0.2) is 8.78 Å². The number of ketones is 1. The van der Waals surface area contributed by atoms with Gasteiger partial charge in [-0.15, -0.1) is 0 Å². The molecule has 86 valence electrons. The number of hydrogen-bond donors (Lipinski definition) is 0. The second kappa shape index (κ2) is 3.52. The van der Waals surface area contributed by atoms with E-state index in [0.29, 0.717) is 10.6 Å². The van der Waals surface area contributed by atoms with Gasteiger partial charge in [0, 0.05) is 17.9 Å². The van der Waals surface area contributed by atoms with Crippen LogP contribution in [0.25, 0.3) is 0 Å². The van der Waals surface area contributed by atoms with E-state index >= 15 is 0 Å². The normalized spacial score (nSPS) is 26.5. The van der Waals surface area contributed by atoms with Crippen molar-refractivity contribution in [3.63, 3.8) is 0 Å². The van der Waals surface area contributed by atoms with Gasteiger partial charge >= 0.3 is 0 Å². The molecule has 0 aromatic heterocycles. The van der Waals surface area contributed by atoms with Crippen molar-refractivity contribution < 1.29 is 13.6 Å². The van der Waals surface area contributed by atoms with Crippen molar-refractivity contribution in [3.05, 3.63) is 34.9 Å². The highest BCUT2D eigenvalue weighted by atomic mass is 35.5. The lowest BCUT2D eigenvalue weighted by Crippen LogP contribution is -2.21. The Bertz CT molecular complexity index is 444. The van der Waals surface area contributed by atoms with E-state index < -0.39 is 17.1 Å². The quantitative estimate of drug-likeness (QED) is 0.795. The number of hydrogen-bond acceptors (Lipinski definition) is 1. The topological polar surface area (TPSA) is 17.1 Å². The average Bonchev–Trinajstić information content (AvgIpc) is 2.71. The molecular formula is C12H11ClF2O. The minimum atomic E-state index is -2.84. The molecule has 1 atom stereocenters. The first-order chi connectivity index (χ1) is 7.37. The first-order valence-electron chi connectivity index (χ1n) is 5.01. The van der Waals surface area contributed by atoms with Crippen LogP contribution in [0.3, 0.4) is 0 Å². The Hall–Kier alpha value is -0.960. The molecule has 1 aliphatic carbocycles. The van der Waals surface area contributed by atoms with E-state index in [1.165, 1.54) is 6.92 Å². The summed E-state index contributed by atoms with van der Waals surface area (Å²) >= 11 is 5.87. The molecule has 0 heterocycles. The minimum Gasteiger partial charge on any atom is -0.298 e. The van der Waals surface area contributed by atoms with Gasteiger partial charge < -0.3 is 0 Å². The van der Waals surface area contributed by atoms with E-state index in [1.54, 1.807) is 24.3 Å². The fourth-order valence-corrected chi connectivity index (χ4v) is 1.91.